The molecule has 0 bridgehead atoms. The lowest BCUT2D eigenvalue weighted by atomic mass is 10.1. The minimum atomic E-state index is -1.33. The van der Waals surface area contributed by atoms with E-state index in [1.165, 1.54) is 26.8 Å². The quantitative estimate of drug-likeness (QED) is 0.516. The van der Waals surface area contributed by atoms with E-state index in [0.717, 1.165) is 12.3 Å². The first-order chi connectivity index (χ1) is 9.71. The molecule has 0 amide bonds. The molecule has 0 spiro atoms. The molecule has 21 heavy (non-hydrogen) atoms. The third-order valence-electron chi connectivity index (χ3n) is 2.83. The van der Waals surface area contributed by atoms with Crippen molar-refractivity contribution >= 4 is 17.6 Å². The number of carbonyl (C=O) groups excluding carboxylic acids is 2. The van der Waals surface area contributed by atoms with Crippen LogP contribution in [0.1, 0.15) is 19.4 Å². The molecule has 5 nitrogen and oxygen atoms in total. The summed E-state index contributed by atoms with van der Waals surface area (Å²) < 4.78 is 36.2. The van der Waals surface area contributed by atoms with Crippen molar-refractivity contribution in [2.75, 3.05) is 5.32 Å². The second-order valence-electron chi connectivity index (χ2n) is 4.92. The van der Waals surface area contributed by atoms with Gasteiger partial charge in [-0.25, -0.2) is 18.4 Å². The minimum absolute atomic E-state index is 0.0183. The Balaban J connectivity index is 2.24. The molecule has 112 valence electrons. The molecule has 1 aliphatic rings. The van der Waals surface area contributed by atoms with E-state index in [2.05, 4.69) is 5.32 Å². The lowest BCUT2D eigenvalue weighted by Gasteiger charge is -2.29. The van der Waals surface area contributed by atoms with Gasteiger partial charge < -0.3 is 14.8 Å². The normalized spacial score (nSPS) is 17.1. The Kier molecular flexibility index (Phi) is 3.67. The highest BCUT2D eigenvalue weighted by atomic mass is 19.2. The standard InChI is InChI=1S/C14H13F2NO4/c1-7-10(5-4-9(15)11(7)16)17-6-8-12(18)20-14(2,3)21-13(8)19/h4-6,17H,1-3H3. The largest absolute Gasteiger partial charge is 0.419 e. The van der Waals surface area contributed by atoms with E-state index in [1.807, 2.05) is 0 Å². The van der Waals surface area contributed by atoms with Gasteiger partial charge in [-0.05, 0) is 19.1 Å². The molecule has 1 aromatic carbocycles. The van der Waals surface area contributed by atoms with Crippen LogP contribution in [-0.4, -0.2) is 17.7 Å². The molecular weight excluding hydrogens is 284 g/mol. The van der Waals surface area contributed by atoms with Crippen LogP contribution in [0.3, 0.4) is 0 Å². The average molecular weight is 297 g/mol. The first kappa shape index (κ1) is 15.0. The predicted octanol–water partition coefficient (Wildman–Crippen LogP) is 2.41. The first-order valence-corrected chi connectivity index (χ1v) is 6.09. The van der Waals surface area contributed by atoms with E-state index >= 15 is 0 Å². The van der Waals surface area contributed by atoms with Crippen LogP contribution in [0.15, 0.2) is 23.9 Å². The molecule has 1 saturated heterocycles. The van der Waals surface area contributed by atoms with Crippen molar-refractivity contribution in [3.8, 4) is 0 Å². The second kappa shape index (κ2) is 5.16. The molecule has 7 heteroatoms. The molecule has 0 atom stereocenters. The number of cyclic esters (lactones) is 2. The van der Waals surface area contributed by atoms with Crippen molar-refractivity contribution in [1.29, 1.82) is 0 Å². The number of esters is 2. The highest BCUT2D eigenvalue weighted by Crippen LogP contribution is 2.24. The number of anilines is 1. The third kappa shape index (κ3) is 3.01. The first-order valence-electron chi connectivity index (χ1n) is 6.09. The highest BCUT2D eigenvalue weighted by molar-refractivity contribution is 6.15. The number of ether oxygens (including phenoxy) is 2. The number of rotatable bonds is 2. The molecule has 0 aromatic heterocycles. The monoisotopic (exact) mass is 297 g/mol. The molecular formula is C14H13F2NO4. The van der Waals surface area contributed by atoms with Crippen LogP contribution in [0.25, 0.3) is 0 Å². The summed E-state index contributed by atoms with van der Waals surface area (Å²) in [6, 6.07) is 2.22. The number of nitrogens with one attached hydrogen (secondary N) is 1. The van der Waals surface area contributed by atoms with Gasteiger partial charge in [0.05, 0.1) is 0 Å². The summed E-state index contributed by atoms with van der Waals surface area (Å²) in [5.41, 5.74) is -0.130. The Labute approximate surface area is 119 Å². The zero-order valence-electron chi connectivity index (χ0n) is 11.6. The zero-order chi connectivity index (χ0) is 15.8. The molecule has 1 N–H and O–H groups in total. The summed E-state index contributed by atoms with van der Waals surface area (Å²) in [5, 5.41) is 2.57. The Bertz CT molecular complexity index is 631. The molecule has 0 radical (unpaired) electrons. The molecule has 1 aliphatic heterocycles. The van der Waals surface area contributed by atoms with Crippen molar-refractivity contribution < 1.29 is 27.8 Å². The van der Waals surface area contributed by atoms with Crippen molar-refractivity contribution in [3.05, 3.63) is 41.1 Å². The Morgan fingerprint density at radius 3 is 2.29 bits per heavy atom. The average Bonchev–Trinajstić information content (AvgIpc) is 2.36. The Morgan fingerprint density at radius 2 is 1.71 bits per heavy atom. The van der Waals surface area contributed by atoms with E-state index in [1.54, 1.807) is 0 Å². The van der Waals surface area contributed by atoms with E-state index < -0.39 is 29.4 Å². The van der Waals surface area contributed by atoms with Crippen molar-refractivity contribution in [3.63, 3.8) is 0 Å². The van der Waals surface area contributed by atoms with Gasteiger partial charge in [-0.3, -0.25) is 0 Å². The number of carbonyl (C=O) groups is 2. The third-order valence-corrected chi connectivity index (χ3v) is 2.83. The fraction of sp³-hybridized carbons (Fsp3) is 0.286. The molecule has 1 heterocycles. The molecule has 0 aliphatic carbocycles. The second-order valence-corrected chi connectivity index (χ2v) is 4.92. The van der Waals surface area contributed by atoms with E-state index in [-0.39, 0.29) is 16.8 Å². The van der Waals surface area contributed by atoms with Gasteiger partial charge >= 0.3 is 11.9 Å². The summed E-state index contributed by atoms with van der Waals surface area (Å²) in [7, 11) is 0. The maximum atomic E-state index is 13.4. The van der Waals surface area contributed by atoms with Crippen LogP contribution >= 0.6 is 0 Å². The molecule has 0 unspecified atom stereocenters. The van der Waals surface area contributed by atoms with Gasteiger partial charge in [0.2, 0.25) is 0 Å². The molecule has 1 fully saturated rings. The number of hydrogen-bond donors (Lipinski definition) is 1. The summed E-state index contributed by atoms with van der Waals surface area (Å²) in [5.74, 6) is -5.03. The van der Waals surface area contributed by atoms with Gasteiger partial charge in [0.25, 0.3) is 5.79 Å². The topological polar surface area (TPSA) is 64.6 Å². The molecule has 2 rings (SSSR count). The maximum absolute atomic E-state index is 13.4. The zero-order valence-corrected chi connectivity index (χ0v) is 11.6. The Morgan fingerprint density at radius 1 is 1.14 bits per heavy atom. The van der Waals surface area contributed by atoms with Crippen molar-refractivity contribution in [1.82, 2.24) is 0 Å². The summed E-state index contributed by atoms with van der Waals surface area (Å²) in [6.45, 7) is 4.21. The fourth-order valence-corrected chi connectivity index (χ4v) is 1.74. The summed E-state index contributed by atoms with van der Waals surface area (Å²) in [4.78, 5) is 23.4. The maximum Gasteiger partial charge on any atom is 0.350 e. The van der Waals surface area contributed by atoms with Gasteiger partial charge in [0.1, 0.15) is 0 Å². The van der Waals surface area contributed by atoms with Crippen LogP contribution in [0, 0.1) is 18.6 Å². The van der Waals surface area contributed by atoms with Crippen molar-refractivity contribution in [2.45, 2.75) is 26.6 Å². The molecule has 1 aromatic rings. The van der Waals surface area contributed by atoms with E-state index in [0.29, 0.717) is 0 Å². The summed E-state index contributed by atoms with van der Waals surface area (Å²) >= 11 is 0. The van der Waals surface area contributed by atoms with Crippen LogP contribution < -0.4 is 5.32 Å². The van der Waals surface area contributed by atoms with Gasteiger partial charge in [-0.2, -0.15) is 0 Å². The highest BCUT2D eigenvalue weighted by Gasteiger charge is 2.38. The van der Waals surface area contributed by atoms with Crippen LogP contribution in [0.2, 0.25) is 0 Å². The van der Waals surface area contributed by atoms with Crippen LogP contribution in [-0.2, 0) is 19.1 Å². The van der Waals surface area contributed by atoms with E-state index in [4.69, 9.17) is 9.47 Å². The van der Waals surface area contributed by atoms with E-state index in [9.17, 15) is 18.4 Å². The van der Waals surface area contributed by atoms with Gasteiger partial charge in [-0.1, -0.05) is 0 Å². The van der Waals surface area contributed by atoms with Crippen LogP contribution in [0.4, 0.5) is 14.5 Å². The smallest absolute Gasteiger partial charge is 0.350 e. The lowest BCUT2D eigenvalue weighted by molar-refractivity contribution is -0.222. The molecule has 0 saturated carbocycles. The van der Waals surface area contributed by atoms with Gasteiger partial charge in [0, 0.05) is 31.3 Å². The predicted molar refractivity (Wildman–Crippen MR) is 69.1 cm³/mol. The minimum Gasteiger partial charge on any atom is -0.419 e. The lowest BCUT2D eigenvalue weighted by Crippen LogP contribution is -2.42. The van der Waals surface area contributed by atoms with Gasteiger partial charge in [-0.15, -0.1) is 0 Å². The number of benzene rings is 1. The van der Waals surface area contributed by atoms with Gasteiger partial charge in [0.15, 0.2) is 17.2 Å². The van der Waals surface area contributed by atoms with Crippen molar-refractivity contribution in [2.24, 2.45) is 0 Å². The Hall–Kier alpha value is -2.44. The van der Waals surface area contributed by atoms with Crippen LogP contribution in [0.5, 0.6) is 0 Å². The SMILES string of the molecule is Cc1c(NC=C2C(=O)OC(C)(C)OC2=O)ccc(F)c1F. The number of halogens is 2. The number of hydrogen-bond acceptors (Lipinski definition) is 5. The summed E-state index contributed by atoms with van der Waals surface area (Å²) in [6.07, 6.45) is 1.04. The fourth-order valence-electron chi connectivity index (χ4n) is 1.74.